The van der Waals surface area contributed by atoms with Crippen LogP contribution in [0.1, 0.15) is 9.67 Å². The van der Waals surface area contributed by atoms with Gasteiger partial charge in [0.2, 0.25) is 0 Å². The molecule has 1 aliphatic rings. The summed E-state index contributed by atoms with van der Waals surface area (Å²) < 4.78 is 1.07. The number of rotatable bonds is 2. The Bertz CT molecular complexity index is 348. The first-order valence-corrected chi connectivity index (χ1v) is 7.38. The molecule has 5 heteroatoms. The van der Waals surface area contributed by atoms with E-state index in [1.165, 1.54) is 11.3 Å². The second kappa shape index (κ2) is 4.49. The van der Waals surface area contributed by atoms with Crippen molar-refractivity contribution in [1.29, 1.82) is 0 Å². The summed E-state index contributed by atoms with van der Waals surface area (Å²) in [5, 5.41) is 2.97. The first kappa shape index (κ1) is 10.9. The Morgan fingerprint density at radius 3 is 2.93 bits per heavy atom. The predicted octanol–water partition coefficient (Wildman–Crippen LogP) is 2.82. The molecule has 0 radical (unpaired) electrons. The number of likely N-dealkylation sites (tertiary alicyclic amines) is 1. The fourth-order valence-corrected chi connectivity index (χ4v) is 3.62. The number of carbonyl (C=O) groups is 1. The van der Waals surface area contributed by atoms with Crippen molar-refractivity contribution < 1.29 is 4.79 Å². The fourth-order valence-electron chi connectivity index (χ4n) is 1.42. The van der Waals surface area contributed by atoms with Crippen molar-refractivity contribution in [3.63, 3.8) is 0 Å². The highest BCUT2D eigenvalue weighted by molar-refractivity contribution is 14.1. The molecule has 76 valence electrons. The lowest BCUT2D eigenvalue weighted by Gasteiger charge is -2.38. The van der Waals surface area contributed by atoms with E-state index < -0.39 is 0 Å². The van der Waals surface area contributed by atoms with E-state index >= 15 is 0 Å². The number of thiophene rings is 1. The Balaban J connectivity index is 2.01. The van der Waals surface area contributed by atoms with Crippen molar-refractivity contribution in [1.82, 2.24) is 4.90 Å². The van der Waals surface area contributed by atoms with Crippen LogP contribution in [0.15, 0.2) is 11.4 Å². The molecule has 0 N–H and O–H groups in total. The largest absolute Gasteiger partial charge is 0.337 e. The second-order valence-electron chi connectivity index (χ2n) is 3.33. The Hall–Kier alpha value is 0.380. The van der Waals surface area contributed by atoms with Crippen molar-refractivity contribution in [2.75, 3.05) is 18.4 Å². The molecule has 1 aromatic heterocycles. The van der Waals surface area contributed by atoms with Gasteiger partial charge in [-0.3, -0.25) is 4.79 Å². The maximum absolute atomic E-state index is 11.9. The highest BCUT2D eigenvalue weighted by Crippen LogP contribution is 2.25. The third-order valence-electron chi connectivity index (χ3n) is 2.27. The molecule has 1 aromatic rings. The van der Waals surface area contributed by atoms with Gasteiger partial charge in [0.05, 0.1) is 0 Å². The van der Waals surface area contributed by atoms with Gasteiger partial charge in [0, 0.05) is 27.9 Å². The smallest absolute Gasteiger partial charge is 0.265 e. The van der Waals surface area contributed by atoms with Crippen LogP contribution in [0.4, 0.5) is 0 Å². The van der Waals surface area contributed by atoms with Gasteiger partial charge in [0.1, 0.15) is 4.88 Å². The molecule has 0 aromatic carbocycles. The van der Waals surface area contributed by atoms with Crippen LogP contribution in [-0.4, -0.2) is 29.2 Å². The third kappa shape index (κ3) is 1.99. The summed E-state index contributed by atoms with van der Waals surface area (Å²) in [7, 11) is 0. The molecule has 0 saturated carbocycles. The topological polar surface area (TPSA) is 20.3 Å². The van der Waals surface area contributed by atoms with Crippen LogP contribution in [0.3, 0.4) is 0 Å². The predicted molar refractivity (Wildman–Crippen MR) is 70.2 cm³/mol. The van der Waals surface area contributed by atoms with Crippen molar-refractivity contribution in [3.8, 4) is 0 Å². The molecule has 0 bridgehead atoms. The SMILES string of the molecule is O=C(c1sccc1I)N1CC(CBr)C1. The van der Waals surface area contributed by atoms with E-state index in [2.05, 4.69) is 38.5 Å². The monoisotopic (exact) mass is 385 g/mol. The van der Waals surface area contributed by atoms with Crippen molar-refractivity contribution in [2.45, 2.75) is 0 Å². The van der Waals surface area contributed by atoms with Crippen molar-refractivity contribution >= 4 is 55.8 Å². The van der Waals surface area contributed by atoms with Crippen LogP contribution in [-0.2, 0) is 0 Å². The molecule has 14 heavy (non-hydrogen) atoms. The molecular formula is C9H9BrINOS. The summed E-state index contributed by atoms with van der Waals surface area (Å²) in [5.41, 5.74) is 0. The van der Waals surface area contributed by atoms with Gasteiger partial charge in [-0.2, -0.15) is 0 Å². The molecule has 0 unspecified atom stereocenters. The van der Waals surface area contributed by atoms with Crippen LogP contribution in [0.25, 0.3) is 0 Å². The fraction of sp³-hybridized carbons (Fsp3) is 0.444. The standard InChI is InChI=1S/C9H9BrINOS/c10-3-6-4-12(5-6)9(13)8-7(11)1-2-14-8/h1-2,6H,3-5H2. The Kier molecular flexibility index (Phi) is 3.49. The quantitative estimate of drug-likeness (QED) is 0.566. The summed E-state index contributed by atoms with van der Waals surface area (Å²) in [6, 6.07) is 1.99. The zero-order valence-electron chi connectivity index (χ0n) is 7.37. The molecule has 2 nitrogen and oxygen atoms in total. The summed E-state index contributed by atoms with van der Waals surface area (Å²) in [4.78, 5) is 14.7. The number of amides is 1. The van der Waals surface area contributed by atoms with E-state index in [0.29, 0.717) is 5.92 Å². The lowest BCUT2D eigenvalue weighted by Crippen LogP contribution is -2.50. The number of hydrogen-bond donors (Lipinski definition) is 0. The minimum Gasteiger partial charge on any atom is -0.337 e. The summed E-state index contributed by atoms with van der Waals surface area (Å²) in [5.74, 6) is 0.846. The molecule has 1 amide bonds. The maximum Gasteiger partial charge on any atom is 0.265 e. The number of halogens is 2. The molecule has 0 aliphatic carbocycles. The lowest BCUT2D eigenvalue weighted by molar-refractivity contribution is 0.0543. The Labute approximate surface area is 109 Å². The molecule has 1 fully saturated rings. The average molecular weight is 386 g/mol. The van der Waals surface area contributed by atoms with Gasteiger partial charge in [-0.1, -0.05) is 15.9 Å². The highest BCUT2D eigenvalue weighted by atomic mass is 127. The van der Waals surface area contributed by atoms with Gasteiger partial charge >= 0.3 is 0 Å². The third-order valence-corrected chi connectivity index (χ3v) is 5.36. The van der Waals surface area contributed by atoms with Gasteiger partial charge in [0.15, 0.2) is 0 Å². The van der Waals surface area contributed by atoms with Gasteiger partial charge in [-0.05, 0) is 34.0 Å². The number of hydrogen-bond acceptors (Lipinski definition) is 2. The molecule has 2 rings (SSSR count). The molecule has 2 heterocycles. The molecule has 1 aliphatic heterocycles. The number of carbonyl (C=O) groups excluding carboxylic acids is 1. The molecule has 1 saturated heterocycles. The first-order valence-electron chi connectivity index (χ1n) is 4.30. The van der Waals surface area contributed by atoms with Crippen LogP contribution in [0.5, 0.6) is 0 Å². The van der Waals surface area contributed by atoms with E-state index in [-0.39, 0.29) is 5.91 Å². The summed E-state index contributed by atoms with van der Waals surface area (Å²) >= 11 is 7.18. The second-order valence-corrected chi connectivity index (χ2v) is 6.05. The molecular weight excluding hydrogens is 377 g/mol. The Morgan fingerprint density at radius 1 is 1.71 bits per heavy atom. The summed E-state index contributed by atoms with van der Waals surface area (Å²) in [6.07, 6.45) is 0. The zero-order valence-corrected chi connectivity index (χ0v) is 11.9. The molecule has 0 spiro atoms. The van der Waals surface area contributed by atoms with Crippen LogP contribution in [0.2, 0.25) is 0 Å². The van der Waals surface area contributed by atoms with E-state index in [1.807, 2.05) is 16.3 Å². The Morgan fingerprint density at radius 2 is 2.43 bits per heavy atom. The maximum atomic E-state index is 11.9. The van der Waals surface area contributed by atoms with E-state index in [1.54, 1.807) is 0 Å². The zero-order chi connectivity index (χ0) is 10.1. The highest BCUT2D eigenvalue weighted by Gasteiger charge is 2.31. The van der Waals surface area contributed by atoms with Gasteiger partial charge in [0.25, 0.3) is 5.91 Å². The van der Waals surface area contributed by atoms with Crippen LogP contribution >= 0.6 is 49.9 Å². The first-order chi connectivity index (χ1) is 6.72. The van der Waals surface area contributed by atoms with Gasteiger partial charge in [-0.25, -0.2) is 0 Å². The lowest BCUT2D eigenvalue weighted by atomic mass is 10.0. The normalized spacial score (nSPS) is 16.9. The molecule has 0 atom stereocenters. The van der Waals surface area contributed by atoms with E-state index in [4.69, 9.17) is 0 Å². The van der Waals surface area contributed by atoms with E-state index in [0.717, 1.165) is 26.9 Å². The van der Waals surface area contributed by atoms with E-state index in [9.17, 15) is 4.79 Å². The van der Waals surface area contributed by atoms with Gasteiger partial charge in [-0.15, -0.1) is 11.3 Å². The minimum absolute atomic E-state index is 0.196. The van der Waals surface area contributed by atoms with Crippen molar-refractivity contribution in [2.24, 2.45) is 5.92 Å². The van der Waals surface area contributed by atoms with Crippen molar-refractivity contribution in [3.05, 3.63) is 19.9 Å². The number of alkyl halides is 1. The average Bonchev–Trinajstić information content (AvgIpc) is 2.49. The number of nitrogens with zero attached hydrogens (tertiary/aromatic N) is 1. The summed E-state index contributed by atoms with van der Waals surface area (Å²) in [6.45, 7) is 1.80. The van der Waals surface area contributed by atoms with Crippen LogP contribution < -0.4 is 0 Å². The van der Waals surface area contributed by atoms with Crippen LogP contribution in [0, 0.1) is 9.49 Å². The van der Waals surface area contributed by atoms with Gasteiger partial charge < -0.3 is 4.90 Å². The minimum atomic E-state index is 0.196.